The first-order valence-corrected chi connectivity index (χ1v) is 8.95. The fourth-order valence-electron chi connectivity index (χ4n) is 3.08. The van der Waals surface area contributed by atoms with E-state index in [9.17, 15) is 14.0 Å². The number of amides is 1. The van der Waals surface area contributed by atoms with Crippen LogP contribution in [0.2, 0.25) is 0 Å². The summed E-state index contributed by atoms with van der Waals surface area (Å²) in [5.41, 5.74) is 0.696. The summed E-state index contributed by atoms with van der Waals surface area (Å²) in [7, 11) is 0. The van der Waals surface area contributed by atoms with Crippen LogP contribution in [0.5, 0.6) is 0 Å². The van der Waals surface area contributed by atoms with Gasteiger partial charge in [-0.3, -0.25) is 9.59 Å². The van der Waals surface area contributed by atoms with Gasteiger partial charge >= 0.3 is 0 Å². The van der Waals surface area contributed by atoms with Crippen LogP contribution in [0.25, 0.3) is 10.8 Å². The lowest BCUT2D eigenvalue weighted by atomic mass is 10.0. The number of rotatable bonds is 2. The van der Waals surface area contributed by atoms with Gasteiger partial charge in [0.25, 0.3) is 11.5 Å². The zero-order valence-corrected chi connectivity index (χ0v) is 14.0. The number of halogens is 1. The highest BCUT2D eigenvalue weighted by atomic mass is 32.2. The van der Waals surface area contributed by atoms with Crippen molar-refractivity contribution in [3.63, 3.8) is 0 Å². The highest BCUT2D eigenvalue weighted by Gasteiger charge is 2.23. The lowest BCUT2D eigenvalue weighted by Crippen LogP contribution is -2.32. The molecule has 0 spiro atoms. The van der Waals surface area contributed by atoms with Gasteiger partial charge in [-0.25, -0.2) is 4.39 Å². The third-order valence-corrected chi connectivity index (χ3v) is 5.44. The van der Waals surface area contributed by atoms with Crippen LogP contribution < -0.4 is 10.9 Å². The van der Waals surface area contributed by atoms with E-state index in [0.29, 0.717) is 17.2 Å². The highest BCUT2D eigenvalue weighted by molar-refractivity contribution is 7.99. The Morgan fingerprint density at radius 1 is 1.20 bits per heavy atom. The molecule has 0 radical (unpaired) electrons. The fourth-order valence-corrected chi connectivity index (χ4v) is 4.19. The highest BCUT2D eigenvalue weighted by Crippen LogP contribution is 2.36. The van der Waals surface area contributed by atoms with Crippen molar-refractivity contribution < 1.29 is 9.18 Å². The Morgan fingerprint density at radius 2 is 2.04 bits per heavy atom. The van der Waals surface area contributed by atoms with Crippen molar-refractivity contribution in [2.75, 3.05) is 5.75 Å². The van der Waals surface area contributed by atoms with E-state index >= 15 is 0 Å². The third kappa shape index (κ3) is 3.05. The number of nitrogens with one attached hydrogen (secondary N) is 2. The van der Waals surface area contributed by atoms with Crippen LogP contribution in [0.15, 0.2) is 58.2 Å². The molecule has 1 amide bonds. The van der Waals surface area contributed by atoms with Crippen molar-refractivity contribution in [2.45, 2.75) is 17.4 Å². The number of fused-ring (bicyclic) bond motifs is 2. The average Bonchev–Trinajstić information content (AvgIpc) is 2.62. The molecule has 1 atom stereocenters. The number of pyridine rings is 1. The first-order chi connectivity index (χ1) is 12.1. The molecular formula is C19H15FN2O2S. The van der Waals surface area contributed by atoms with Gasteiger partial charge in [0, 0.05) is 16.0 Å². The van der Waals surface area contributed by atoms with E-state index in [0.717, 1.165) is 16.2 Å². The molecule has 3 aromatic rings. The van der Waals surface area contributed by atoms with E-state index in [1.165, 1.54) is 12.1 Å². The number of thioether (sulfide) groups is 1. The molecule has 1 unspecified atom stereocenters. The Kier molecular flexibility index (Phi) is 4.05. The summed E-state index contributed by atoms with van der Waals surface area (Å²) >= 11 is 1.65. The fraction of sp³-hybridized carbons (Fsp3) is 0.158. The summed E-state index contributed by atoms with van der Waals surface area (Å²) in [5, 5.41) is 4.17. The molecule has 0 aliphatic carbocycles. The quantitative estimate of drug-likeness (QED) is 0.739. The van der Waals surface area contributed by atoms with Gasteiger partial charge in [0.1, 0.15) is 11.5 Å². The molecule has 2 heterocycles. The lowest BCUT2D eigenvalue weighted by molar-refractivity contribution is 0.0929. The molecule has 25 heavy (non-hydrogen) atoms. The molecule has 1 aliphatic heterocycles. The van der Waals surface area contributed by atoms with Gasteiger partial charge in [-0.05, 0) is 47.7 Å². The Morgan fingerprint density at radius 3 is 2.92 bits per heavy atom. The Balaban J connectivity index is 1.66. The molecule has 0 fully saturated rings. The Hall–Kier alpha value is -2.60. The first-order valence-electron chi connectivity index (χ1n) is 7.97. The predicted molar refractivity (Wildman–Crippen MR) is 96.5 cm³/mol. The molecule has 0 bridgehead atoms. The van der Waals surface area contributed by atoms with Gasteiger partial charge in [-0.2, -0.15) is 0 Å². The van der Waals surface area contributed by atoms with Crippen molar-refractivity contribution >= 4 is 28.4 Å². The number of hydrogen-bond acceptors (Lipinski definition) is 3. The Bertz CT molecular complexity index is 1030. The molecule has 1 aliphatic rings. The van der Waals surface area contributed by atoms with Crippen LogP contribution in [0, 0.1) is 5.82 Å². The third-order valence-electron chi connectivity index (χ3n) is 4.31. The van der Waals surface area contributed by atoms with Crippen LogP contribution in [0.3, 0.4) is 0 Å². The SMILES string of the molecule is O=C(NC1CCSc2ccc(F)cc21)c1cc2ccccc2c(=O)[nH]1. The van der Waals surface area contributed by atoms with E-state index in [2.05, 4.69) is 10.3 Å². The molecule has 2 aromatic carbocycles. The van der Waals surface area contributed by atoms with Gasteiger partial charge in [0.2, 0.25) is 0 Å². The number of hydrogen-bond donors (Lipinski definition) is 2. The molecule has 4 rings (SSSR count). The van der Waals surface area contributed by atoms with E-state index in [-0.39, 0.29) is 29.0 Å². The topological polar surface area (TPSA) is 62.0 Å². The number of aromatic nitrogens is 1. The van der Waals surface area contributed by atoms with Crippen LogP contribution in [-0.2, 0) is 0 Å². The molecule has 126 valence electrons. The summed E-state index contributed by atoms with van der Waals surface area (Å²) in [6, 6.07) is 13.1. The van der Waals surface area contributed by atoms with Crippen molar-refractivity contribution in [3.05, 3.63) is 76.0 Å². The molecule has 0 saturated heterocycles. The molecule has 4 nitrogen and oxygen atoms in total. The summed E-state index contributed by atoms with van der Waals surface area (Å²) < 4.78 is 13.6. The maximum Gasteiger partial charge on any atom is 0.268 e. The molecular weight excluding hydrogens is 339 g/mol. The number of H-pyrrole nitrogens is 1. The van der Waals surface area contributed by atoms with E-state index < -0.39 is 0 Å². The second-order valence-electron chi connectivity index (χ2n) is 5.94. The number of benzene rings is 2. The minimum atomic E-state index is -0.366. The van der Waals surface area contributed by atoms with E-state index in [1.807, 2.05) is 6.07 Å². The molecule has 2 N–H and O–H groups in total. The number of carbonyl (C=O) groups excluding carboxylic acids is 1. The number of aromatic amines is 1. The maximum atomic E-state index is 13.6. The largest absolute Gasteiger partial charge is 0.344 e. The van der Waals surface area contributed by atoms with Crippen LogP contribution in [-0.4, -0.2) is 16.6 Å². The van der Waals surface area contributed by atoms with Gasteiger partial charge in [0.05, 0.1) is 6.04 Å². The lowest BCUT2D eigenvalue weighted by Gasteiger charge is -2.26. The zero-order valence-electron chi connectivity index (χ0n) is 13.2. The summed E-state index contributed by atoms with van der Waals surface area (Å²) in [6.45, 7) is 0. The molecule has 6 heteroatoms. The van der Waals surface area contributed by atoms with Crippen LogP contribution >= 0.6 is 11.8 Å². The smallest absolute Gasteiger partial charge is 0.268 e. The Labute approximate surface area is 147 Å². The minimum absolute atomic E-state index is 0.208. The summed E-state index contributed by atoms with van der Waals surface area (Å²) in [4.78, 5) is 28.4. The average molecular weight is 354 g/mol. The van der Waals surface area contributed by atoms with Gasteiger partial charge in [-0.15, -0.1) is 11.8 Å². The second-order valence-corrected chi connectivity index (χ2v) is 7.08. The first kappa shape index (κ1) is 15.9. The van der Waals surface area contributed by atoms with Crippen molar-refractivity contribution in [2.24, 2.45) is 0 Å². The maximum absolute atomic E-state index is 13.6. The monoisotopic (exact) mass is 354 g/mol. The normalized spacial score (nSPS) is 16.4. The van der Waals surface area contributed by atoms with E-state index in [1.54, 1.807) is 42.1 Å². The summed E-state index contributed by atoms with van der Waals surface area (Å²) in [5.74, 6) is 0.159. The summed E-state index contributed by atoms with van der Waals surface area (Å²) in [6.07, 6.45) is 0.713. The molecule has 1 aromatic heterocycles. The predicted octanol–water partition coefficient (Wildman–Crippen LogP) is 3.63. The van der Waals surface area contributed by atoms with Gasteiger partial charge < -0.3 is 10.3 Å². The van der Waals surface area contributed by atoms with Crippen LogP contribution in [0.1, 0.15) is 28.5 Å². The van der Waals surface area contributed by atoms with Crippen LogP contribution in [0.4, 0.5) is 4.39 Å². The van der Waals surface area contributed by atoms with Gasteiger partial charge in [0.15, 0.2) is 0 Å². The van der Waals surface area contributed by atoms with Crippen molar-refractivity contribution in [1.82, 2.24) is 10.3 Å². The number of carbonyl (C=O) groups is 1. The second kappa shape index (κ2) is 6.37. The minimum Gasteiger partial charge on any atom is -0.344 e. The van der Waals surface area contributed by atoms with E-state index in [4.69, 9.17) is 0 Å². The van der Waals surface area contributed by atoms with Crippen molar-refractivity contribution in [3.8, 4) is 0 Å². The van der Waals surface area contributed by atoms with Crippen molar-refractivity contribution in [1.29, 1.82) is 0 Å². The molecule has 0 saturated carbocycles. The van der Waals surface area contributed by atoms with Gasteiger partial charge in [-0.1, -0.05) is 18.2 Å². The standard InChI is InChI=1S/C19H15FN2O2S/c20-12-5-6-17-14(10-12)15(7-8-25-17)21-19(24)16-9-11-3-1-2-4-13(11)18(23)22-16/h1-6,9-10,15H,7-8H2,(H,21,24)(H,22,23). The zero-order chi connectivity index (χ0) is 17.4.